The number of ether oxygens (including phenoxy) is 1. The zero-order valence-electron chi connectivity index (χ0n) is 27.3. The van der Waals surface area contributed by atoms with E-state index in [1.54, 1.807) is 56.3 Å². The molecule has 0 bridgehead atoms. The monoisotopic (exact) mass is 747 g/mol. The normalized spacial score (nSPS) is 12.7. The van der Waals surface area contributed by atoms with E-state index in [2.05, 4.69) is 13.8 Å². The summed E-state index contributed by atoms with van der Waals surface area (Å²) in [7, 11) is 0.291. The minimum atomic E-state index is -4.77. The number of pyridine rings is 1. The number of carboxylic acid groups (broad SMARTS) is 1. The van der Waals surface area contributed by atoms with Crippen LogP contribution in [0, 0.1) is 13.8 Å². The van der Waals surface area contributed by atoms with E-state index in [1.165, 1.54) is 30.3 Å². The van der Waals surface area contributed by atoms with Crippen LogP contribution in [0.3, 0.4) is 0 Å². The number of unbranched alkanes of at least 4 members (excludes halogenated alkanes) is 1. The van der Waals surface area contributed by atoms with E-state index < -0.39 is 19.8 Å². The summed E-state index contributed by atoms with van der Waals surface area (Å²) in [4.78, 5) is 36.0. The van der Waals surface area contributed by atoms with E-state index >= 15 is 0 Å². The molecule has 5 rings (SSSR count). The molecule has 1 unspecified atom stereocenters. The van der Waals surface area contributed by atoms with Gasteiger partial charge in [-0.15, -0.1) is 0 Å². The third kappa shape index (κ3) is 9.38. The highest BCUT2D eigenvalue weighted by atomic mass is 32.2. The molecule has 0 spiro atoms. The van der Waals surface area contributed by atoms with Crippen LogP contribution in [-0.4, -0.2) is 40.8 Å². The molecule has 0 aliphatic rings. The van der Waals surface area contributed by atoms with Crippen LogP contribution in [0.2, 0.25) is 0 Å². The van der Waals surface area contributed by atoms with Gasteiger partial charge in [0.2, 0.25) is 11.0 Å². The molecule has 0 fully saturated rings. The maximum atomic E-state index is 14.2. The first-order valence-corrected chi connectivity index (χ1v) is 17.8. The van der Waals surface area contributed by atoms with Crippen molar-refractivity contribution in [3.63, 3.8) is 0 Å². The van der Waals surface area contributed by atoms with Crippen LogP contribution in [0.25, 0.3) is 33.6 Å². The summed E-state index contributed by atoms with van der Waals surface area (Å²) in [6, 6.07) is 21.0. The molecule has 270 valence electrons. The maximum Gasteiger partial charge on any atom is 0.511 e. The molecule has 1 atom stereocenters. The molecule has 13 nitrogen and oxygen atoms in total. The van der Waals surface area contributed by atoms with Crippen LogP contribution in [0.1, 0.15) is 63.2 Å². The number of nitrogens with zero attached hydrogens (tertiary/aromatic N) is 1. The lowest BCUT2D eigenvalue weighted by molar-refractivity contribution is -0.777. The predicted octanol–water partition coefficient (Wildman–Crippen LogP) is 6.52. The maximum absolute atomic E-state index is 14.2. The number of aromatic carboxylic acids is 1. The molecule has 16 heteroatoms. The van der Waals surface area contributed by atoms with E-state index in [1.807, 2.05) is 16.7 Å². The van der Waals surface area contributed by atoms with Crippen molar-refractivity contribution in [1.29, 1.82) is 0 Å². The second kappa shape index (κ2) is 17.7. The number of aromatic hydroxyl groups is 1. The quantitative estimate of drug-likeness (QED) is 0.00855. The van der Waals surface area contributed by atoms with E-state index in [0.717, 1.165) is 12.0 Å². The Balaban J connectivity index is 0.00000605. The van der Waals surface area contributed by atoms with Gasteiger partial charge in [0.05, 0.1) is 21.9 Å². The molecule has 2 radical (unpaired) electrons. The van der Waals surface area contributed by atoms with Gasteiger partial charge >= 0.3 is 27.8 Å². The first kappa shape index (κ1) is 40.1. The van der Waals surface area contributed by atoms with Crippen LogP contribution in [-0.2, 0) is 29.4 Å². The number of carbonyl (C=O) groups excluding carboxylic acids is 1. The number of fused-ring (bicyclic) bond motifs is 2. The molecule has 1 aromatic heterocycles. The van der Waals surface area contributed by atoms with Crippen LogP contribution in [0.4, 0.5) is 0 Å². The molecular weight excluding hydrogens is 712 g/mol. The first-order chi connectivity index (χ1) is 24.4. The molecule has 0 amide bonds. The van der Waals surface area contributed by atoms with E-state index in [-0.39, 0.29) is 35.8 Å². The number of hydrogen-bond donors (Lipinski definition) is 3. The van der Waals surface area contributed by atoms with Crippen molar-refractivity contribution >= 4 is 73.5 Å². The summed E-state index contributed by atoms with van der Waals surface area (Å²) < 4.78 is 34.5. The lowest BCUT2D eigenvalue weighted by Crippen LogP contribution is -2.37. The van der Waals surface area contributed by atoms with E-state index in [0.29, 0.717) is 69.2 Å². The number of aromatic nitrogens is 1. The molecule has 5 aromatic rings. The molecular formula is C36H35BNO12PS. The number of para-hydroxylation sites is 1. The highest BCUT2D eigenvalue weighted by Gasteiger charge is 2.29. The minimum Gasteiger partial charge on any atom is -0.691 e. The van der Waals surface area contributed by atoms with Crippen LogP contribution in [0.5, 0.6) is 11.5 Å². The van der Waals surface area contributed by atoms with Crippen molar-refractivity contribution in [2.45, 2.75) is 40.7 Å². The van der Waals surface area contributed by atoms with Gasteiger partial charge in [-0.1, -0.05) is 37.8 Å². The Morgan fingerprint density at radius 2 is 1.62 bits per heavy atom. The molecule has 0 aliphatic carbocycles. The van der Waals surface area contributed by atoms with E-state index in [9.17, 15) is 34.5 Å². The van der Waals surface area contributed by atoms with Gasteiger partial charge in [0.25, 0.3) is 0 Å². The van der Waals surface area contributed by atoms with Crippen LogP contribution in [0.15, 0.2) is 78.9 Å². The number of carbonyl (C=O) groups is 2. The zero-order chi connectivity index (χ0) is 36.7. The van der Waals surface area contributed by atoms with Crippen molar-refractivity contribution in [1.82, 2.24) is 0 Å². The van der Waals surface area contributed by atoms with Crippen molar-refractivity contribution in [3.05, 3.63) is 112 Å². The largest absolute Gasteiger partial charge is 0.691 e. The highest BCUT2D eigenvalue weighted by molar-refractivity contribution is 7.94. The average molecular weight is 748 g/mol. The summed E-state index contributed by atoms with van der Waals surface area (Å²) in [5.74, 6) is -1.19. The summed E-state index contributed by atoms with van der Waals surface area (Å²) in [6.07, 6.45) is 2.70. The molecule has 4 aromatic carbocycles. The number of phosphoric ester groups is 1. The van der Waals surface area contributed by atoms with Crippen molar-refractivity contribution < 1.29 is 62.2 Å². The third-order valence-corrected chi connectivity index (χ3v) is 9.19. The number of rotatable bonds is 15. The van der Waals surface area contributed by atoms with Crippen LogP contribution >= 0.6 is 19.9 Å². The fourth-order valence-electron chi connectivity index (χ4n) is 5.67. The number of phenolic OH excluding ortho intramolecular Hbond substituents is 1. The molecule has 3 N–H and O–H groups in total. The van der Waals surface area contributed by atoms with Gasteiger partial charge < -0.3 is 29.2 Å². The number of phosphoric acid groups is 1. The minimum absolute atomic E-state index is 0. The fourth-order valence-corrected chi connectivity index (χ4v) is 6.55. The summed E-state index contributed by atoms with van der Waals surface area (Å²) in [5.41, 5.74) is 3.23. The SMILES string of the molecule is C.[B]OP(=O)(O)O/C(=C\c1ccc(O)cc1)c1ccc2c(C(=O)Oc3c(C)cc(C(=O)O)cc3C)c3ccccc3[n+](CCCCSOO[O-])c2c1. The van der Waals surface area contributed by atoms with Gasteiger partial charge in [0.15, 0.2) is 0 Å². The summed E-state index contributed by atoms with van der Waals surface area (Å²) in [5, 5.41) is 33.9. The molecule has 52 heavy (non-hydrogen) atoms. The Morgan fingerprint density at radius 3 is 2.27 bits per heavy atom. The molecule has 0 aliphatic heterocycles. The second-order valence-corrected chi connectivity index (χ2v) is 13.5. The standard InChI is InChI=1S/C35H31BNO12PS.CH4/c1-21-17-25(34(39)40)18-22(2)33(21)45-35(41)32-27-7-3-4-8-29(27)37(15-5-6-16-51-49-48-42)30-20-24(11-14-28(30)32)31(46-50(43,44)47-36)19-23-9-12-26(38)13-10-23;/h3-4,7-14,17-20H,5-6,15-16H2,1-2H3,(H3,39,40,42,43,44);1H4. The lowest BCUT2D eigenvalue weighted by atomic mass is 9.99. The fraction of sp³-hybridized carbons (Fsp3) is 0.194. The van der Waals surface area contributed by atoms with Gasteiger partial charge in [0, 0.05) is 41.9 Å². The van der Waals surface area contributed by atoms with E-state index in [4.69, 9.17) is 17.3 Å². The Hall–Kier alpha value is -4.73. The number of phenols is 1. The van der Waals surface area contributed by atoms with Gasteiger partial charge in [-0.2, -0.15) is 8.90 Å². The zero-order valence-corrected chi connectivity index (χ0v) is 29.0. The molecule has 0 saturated carbocycles. The summed E-state index contributed by atoms with van der Waals surface area (Å²) in [6.45, 7) is 3.75. The third-order valence-electron chi connectivity index (χ3n) is 7.89. The molecule has 1 heterocycles. The highest BCUT2D eigenvalue weighted by Crippen LogP contribution is 2.47. The van der Waals surface area contributed by atoms with Gasteiger partial charge in [-0.05, 0) is 79.4 Å². The number of aryl methyl sites for hydroxylation is 3. The number of benzene rings is 4. The van der Waals surface area contributed by atoms with Gasteiger partial charge in [-0.25, -0.2) is 14.2 Å². The van der Waals surface area contributed by atoms with Gasteiger partial charge in [0.1, 0.15) is 23.8 Å². The lowest BCUT2D eigenvalue weighted by Gasteiger charge is -2.17. The van der Waals surface area contributed by atoms with Gasteiger partial charge in [-0.3, -0.25) is 9.93 Å². The van der Waals surface area contributed by atoms with Crippen molar-refractivity contribution in [3.8, 4) is 11.5 Å². The Kier molecular flexibility index (Phi) is 13.6. The Labute approximate surface area is 305 Å². The second-order valence-electron chi connectivity index (χ2n) is 11.3. The smallest absolute Gasteiger partial charge is 0.511 e. The molecule has 0 saturated heterocycles. The number of carboxylic acids is 1. The number of esters is 1. The summed E-state index contributed by atoms with van der Waals surface area (Å²) >= 11 is 0.873. The first-order valence-electron chi connectivity index (χ1n) is 15.4. The van der Waals surface area contributed by atoms with Crippen molar-refractivity contribution in [2.75, 3.05) is 5.75 Å². The topological polar surface area (TPSA) is 185 Å². The Bertz CT molecular complexity index is 2150. The van der Waals surface area contributed by atoms with Crippen LogP contribution < -0.4 is 14.6 Å². The average Bonchev–Trinajstić information content (AvgIpc) is 3.11. The van der Waals surface area contributed by atoms with Crippen molar-refractivity contribution in [2.24, 2.45) is 0 Å². The predicted molar refractivity (Wildman–Crippen MR) is 194 cm³/mol. The number of hydrogen-bond acceptors (Lipinski definition) is 11. The Morgan fingerprint density at radius 1 is 0.942 bits per heavy atom.